The average Bonchev–Trinajstić information content (AvgIpc) is 3.83. The van der Waals surface area contributed by atoms with Crippen molar-refractivity contribution in [1.82, 2.24) is 19.5 Å². The van der Waals surface area contributed by atoms with Gasteiger partial charge in [-0.2, -0.15) is 0 Å². The second-order valence-electron chi connectivity index (χ2n) is 14.0. The zero-order valence-electron chi connectivity index (χ0n) is 30.2. The van der Waals surface area contributed by atoms with E-state index >= 15 is 0 Å². The molecule has 0 saturated heterocycles. The second kappa shape index (κ2) is 13.3. The second-order valence-corrected chi connectivity index (χ2v) is 15.1. The van der Waals surface area contributed by atoms with Crippen molar-refractivity contribution < 1.29 is 0 Å². The minimum absolute atomic E-state index is 0.659. The maximum Gasteiger partial charge on any atom is 0.165 e. The Morgan fingerprint density at radius 2 is 0.929 bits per heavy atom. The predicted molar refractivity (Wildman–Crippen MR) is 234 cm³/mol. The van der Waals surface area contributed by atoms with E-state index in [1.807, 2.05) is 36.4 Å². The van der Waals surface area contributed by atoms with E-state index in [1.165, 1.54) is 59.5 Å². The van der Waals surface area contributed by atoms with Crippen molar-refractivity contribution in [2.24, 2.45) is 0 Å². The molecule has 3 aromatic heterocycles. The van der Waals surface area contributed by atoms with Gasteiger partial charge in [-0.25, -0.2) is 15.0 Å². The first kappa shape index (κ1) is 32.2. The summed E-state index contributed by atoms with van der Waals surface area (Å²) >= 11 is 1.80. The van der Waals surface area contributed by atoms with Gasteiger partial charge in [-0.15, -0.1) is 11.3 Å². The summed E-state index contributed by atoms with van der Waals surface area (Å²) < 4.78 is 4.80. The molecule has 11 aromatic rings. The Kier molecular flexibility index (Phi) is 7.64. The summed E-state index contributed by atoms with van der Waals surface area (Å²) in [6.07, 6.45) is 0. The molecule has 262 valence electrons. The molecule has 0 radical (unpaired) electrons. The molecule has 0 bridgehead atoms. The van der Waals surface area contributed by atoms with Crippen molar-refractivity contribution in [2.45, 2.75) is 0 Å². The molecule has 0 aliphatic heterocycles. The highest BCUT2D eigenvalue weighted by atomic mass is 32.1. The number of benzene rings is 8. The molecule has 0 amide bonds. The van der Waals surface area contributed by atoms with Gasteiger partial charge in [0.2, 0.25) is 0 Å². The van der Waals surface area contributed by atoms with Crippen molar-refractivity contribution in [1.29, 1.82) is 0 Å². The summed E-state index contributed by atoms with van der Waals surface area (Å²) in [6, 6.07) is 68.7. The van der Waals surface area contributed by atoms with E-state index in [1.54, 1.807) is 11.3 Å². The fourth-order valence-corrected chi connectivity index (χ4v) is 9.30. The molecule has 56 heavy (non-hydrogen) atoms. The smallest absolute Gasteiger partial charge is 0.165 e. The summed E-state index contributed by atoms with van der Waals surface area (Å²) in [4.78, 5) is 15.1. The highest BCUT2D eigenvalue weighted by Crippen LogP contribution is 2.45. The van der Waals surface area contributed by atoms with Crippen LogP contribution in [0.1, 0.15) is 0 Å². The minimum Gasteiger partial charge on any atom is -0.309 e. The lowest BCUT2D eigenvalue weighted by Crippen LogP contribution is -2.00. The third kappa shape index (κ3) is 5.40. The van der Waals surface area contributed by atoms with E-state index in [0.717, 1.165) is 27.1 Å². The number of para-hydroxylation sites is 1. The number of hydrogen-bond acceptors (Lipinski definition) is 4. The molecule has 0 N–H and O–H groups in total. The van der Waals surface area contributed by atoms with E-state index in [2.05, 4.69) is 162 Å². The first-order valence-corrected chi connectivity index (χ1v) is 19.6. The number of fused-ring (bicyclic) bond motifs is 6. The summed E-state index contributed by atoms with van der Waals surface area (Å²) in [5.41, 5.74) is 11.2. The molecule has 0 aliphatic carbocycles. The molecule has 0 spiro atoms. The van der Waals surface area contributed by atoms with Crippen LogP contribution in [0.25, 0.3) is 104 Å². The molecule has 0 unspecified atom stereocenters. The van der Waals surface area contributed by atoms with E-state index in [9.17, 15) is 0 Å². The van der Waals surface area contributed by atoms with Gasteiger partial charge in [0.1, 0.15) is 0 Å². The largest absolute Gasteiger partial charge is 0.309 e. The lowest BCUT2D eigenvalue weighted by atomic mass is 9.97. The lowest BCUT2D eigenvalue weighted by Gasteiger charge is -2.12. The molecule has 11 rings (SSSR count). The van der Waals surface area contributed by atoms with Crippen LogP contribution in [0.5, 0.6) is 0 Å². The van der Waals surface area contributed by atoms with Gasteiger partial charge in [0.05, 0.1) is 11.0 Å². The molecule has 3 heterocycles. The summed E-state index contributed by atoms with van der Waals surface area (Å²) in [7, 11) is 0. The van der Waals surface area contributed by atoms with Crippen LogP contribution < -0.4 is 0 Å². The van der Waals surface area contributed by atoms with Crippen LogP contribution >= 0.6 is 11.3 Å². The standard InChI is InChI=1S/C51H32N4S/c1-4-15-33(16-5-1)36-21-12-22-38(31-36)55-44-27-11-10-23-40(44)41-30-29-37(32-45(41)55)39-24-14-28-46-47(39)42-25-13-26-43(48(42)56-46)51-53-49(34-17-6-2-7-18-34)52-50(54-51)35-19-8-3-9-20-35/h1-32H. The predicted octanol–water partition coefficient (Wildman–Crippen LogP) is 13.7. The van der Waals surface area contributed by atoms with Crippen LogP contribution in [0.3, 0.4) is 0 Å². The number of rotatable bonds is 6. The van der Waals surface area contributed by atoms with Crippen molar-refractivity contribution >= 4 is 53.3 Å². The van der Waals surface area contributed by atoms with Crippen LogP contribution in [0, 0.1) is 0 Å². The monoisotopic (exact) mass is 732 g/mol. The van der Waals surface area contributed by atoms with Crippen molar-refractivity contribution in [3.05, 3.63) is 194 Å². The van der Waals surface area contributed by atoms with E-state index in [4.69, 9.17) is 15.0 Å². The molecule has 0 saturated carbocycles. The topological polar surface area (TPSA) is 43.6 Å². The zero-order chi connectivity index (χ0) is 37.0. The normalized spacial score (nSPS) is 11.6. The van der Waals surface area contributed by atoms with E-state index in [-0.39, 0.29) is 0 Å². The molecule has 0 fully saturated rings. The quantitative estimate of drug-likeness (QED) is 0.171. The van der Waals surface area contributed by atoms with Crippen molar-refractivity contribution in [3.63, 3.8) is 0 Å². The van der Waals surface area contributed by atoms with Gasteiger partial charge in [-0.3, -0.25) is 0 Å². The van der Waals surface area contributed by atoms with E-state index in [0.29, 0.717) is 17.5 Å². The minimum atomic E-state index is 0.659. The third-order valence-electron chi connectivity index (χ3n) is 10.7. The van der Waals surface area contributed by atoms with Crippen molar-refractivity contribution in [3.8, 4) is 62.1 Å². The Hall–Kier alpha value is -7.21. The molecule has 8 aromatic carbocycles. The van der Waals surface area contributed by atoms with Gasteiger partial charge in [0.15, 0.2) is 17.5 Å². The number of aromatic nitrogens is 4. The fourth-order valence-electron chi connectivity index (χ4n) is 8.06. The van der Waals surface area contributed by atoms with Crippen LogP contribution in [-0.2, 0) is 0 Å². The SMILES string of the molecule is c1ccc(-c2cccc(-n3c4ccccc4c4ccc(-c5cccc6sc7c(-c8nc(-c9ccccc9)nc(-c9ccccc9)n8)cccc7c56)cc43)c2)cc1. The highest BCUT2D eigenvalue weighted by molar-refractivity contribution is 7.26. The third-order valence-corrected chi connectivity index (χ3v) is 11.9. The first-order chi connectivity index (χ1) is 27.8. The molecule has 0 aliphatic rings. The highest BCUT2D eigenvalue weighted by Gasteiger charge is 2.20. The van der Waals surface area contributed by atoms with Gasteiger partial charge < -0.3 is 4.57 Å². The molecule has 5 heteroatoms. The average molecular weight is 733 g/mol. The summed E-state index contributed by atoms with van der Waals surface area (Å²) in [6.45, 7) is 0. The maximum absolute atomic E-state index is 5.10. The van der Waals surface area contributed by atoms with Crippen LogP contribution in [0.2, 0.25) is 0 Å². The van der Waals surface area contributed by atoms with Crippen molar-refractivity contribution in [2.75, 3.05) is 0 Å². The molecular formula is C51H32N4S. The maximum atomic E-state index is 5.10. The summed E-state index contributed by atoms with van der Waals surface area (Å²) in [5, 5.41) is 4.91. The van der Waals surface area contributed by atoms with E-state index < -0.39 is 0 Å². The Morgan fingerprint density at radius 1 is 0.357 bits per heavy atom. The Balaban J connectivity index is 1.10. The molecular weight excluding hydrogens is 701 g/mol. The lowest BCUT2D eigenvalue weighted by molar-refractivity contribution is 1.08. The Bertz CT molecular complexity index is 3180. The Labute approximate surface area is 327 Å². The molecule has 0 atom stereocenters. The Morgan fingerprint density at radius 3 is 1.68 bits per heavy atom. The van der Waals surface area contributed by atoms with Crippen LogP contribution in [0.4, 0.5) is 0 Å². The van der Waals surface area contributed by atoms with Gasteiger partial charge in [0, 0.05) is 53.3 Å². The van der Waals surface area contributed by atoms with Gasteiger partial charge >= 0.3 is 0 Å². The van der Waals surface area contributed by atoms with Gasteiger partial charge in [0.25, 0.3) is 0 Å². The van der Waals surface area contributed by atoms with Gasteiger partial charge in [-0.1, -0.05) is 158 Å². The first-order valence-electron chi connectivity index (χ1n) is 18.8. The van der Waals surface area contributed by atoms with Crippen LogP contribution in [-0.4, -0.2) is 19.5 Å². The van der Waals surface area contributed by atoms with Crippen LogP contribution in [0.15, 0.2) is 194 Å². The summed E-state index contributed by atoms with van der Waals surface area (Å²) in [5.74, 6) is 1.98. The number of thiophene rings is 1. The fraction of sp³-hybridized carbons (Fsp3) is 0. The number of nitrogens with zero attached hydrogens (tertiary/aromatic N) is 4. The number of hydrogen-bond donors (Lipinski definition) is 0. The molecule has 4 nitrogen and oxygen atoms in total. The van der Waals surface area contributed by atoms with Gasteiger partial charge in [-0.05, 0) is 58.7 Å². The zero-order valence-corrected chi connectivity index (χ0v) is 31.0.